The number of ketones is 1. The molecule has 2 amide bonds. The minimum absolute atomic E-state index is 0.0275. The molecular weight excluding hydrogens is 536 g/mol. The van der Waals surface area contributed by atoms with Gasteiger partial charge in [0.1, 0.15) is 11.8 Å². The summed E-state index contributed by atoms with van der Waals surface area (Å²) in [6.45, 7) is 3.14. The zero-order valence-electron chi connectivity index (χ0n) is 23.6. The third kappa shape index (κ3) is 7.61. The molecule has 9 heteroatoms. The maximum Gasteiger partial charge on any atom is 0.312 e. The Bertz CT molecular complexity index is 1400. The number of hydrogen-bond acceptors (Lipinski definition) is 7. The fourth-order valence-corrected chi connectivity index (χ4v) is 5.10. The van der Waals surface area contributed by atoms with Crippen LogP contribution in [-0.2, 0) is 32.0 Å². The quantitative estimate of drug-likeness (QED) is 0.333. The number of rotatable bonds is 6. The summed E-state index contributed by atoms with van der Waals surface area (Å²) in [6, 6.07) is 22.1. The number of carbonyl (C=O) groups excluding carboxylic acids is 4. The molecule has 6 atom stereocenters. The molecule has 9 nitrogen and oxygen atoms in total. The van der Waals surface area contributed by atoms with Crippen molar-refractivity contribution in [3.63, 3.8) is 0 Å². The van der Waals surface area contributed by atoms with Gasteiger partial charge in [-0.25, -0.2) is 0 Å². The molecular formula is C33H36N2O7. The van der Waals surface area contributed by atoms with E-state index < -0.39 is 59.7 Å². The van der Waals surface area contributed by atoms with Crippen LogP contribution in [-0.4, -0.2) is 58.1 Å². The van der Waals surface area contributed by atoms with Gasteiger partial charge in [0.15, 0.2) is 11.9 Å². The van der Waals surface area contributed by atoms with Gasteiger partial charge in [0.25, 0.3) is 5.91 Å². The van der Waals surface area contributed by atoms with Crippen LogP contribution in [0.15, 0.2) is 84.9 Å². The number of phenolic OH excluding ortho intramolecular Hbond substituents is 1. The fourth-order valence-electron chi connectivity index (χ4n) is 5.10. The molecule has 42 heavy (non-hydrogen) atoms. The Balaban J connectivity index is 1.69. The van der Waals surface area contributed by atoms with Crippen LogP contribution in [0.3, 0.4) is 0 Å². The van der Waals surface area contributed by atoms with Crippen molar-refractivity contribution < 1.29 is 34.1 Å². The number of aromatic hydroxyl groups is 1. The molecule has 0 aromatic heterocycles. The predicted octanol–water partition coefficient (Wildman–Crippen LogP) is 2.98. The first-order chi connectivity index (χ1) is 20.1. The van der Waals surface area contributed by atoms with Crippen LogP contribution < -0.4 is 10.6 Å². The number of carbonyl (C=O) groups is 4. The summed E-state index contributed by atoms with van der Waals surface area (Å²) in [7, 11) is 0. The van der Waals surface area contributed by atoms with Gasteiger partial charge in [0.05, 0.1) is 23.6 Å². The number of aliphatic hydroxyl groups excluding tert-OH is 1. The van der Waals surface area contributed by atoms with Gasteiger partial charge in [-0.1, -0.05) is 79.7 Å². The average molecular weight is 573 g/mol. The molecule has 220 valence electrons. The monoisotopic (exact) mass is 572 g/mol. The number of benzene rings is 3. The van der Waals surface area contributed by atoms with Crippen LogP contribution in [0.2, 0.25) is 0 Å². The maximum atomic E-state index is 13.8. The number of Topliss-reactive ketones (excluding diaryl/α,β-unsaturated/α-hetero) is 1. The second kappa shape index (κ2) is 13.9. The number of nitrogens with one attached hydrogen (secondary N) is 2. The van der Waals surface area contributed by atoms with E-state index in [-0.39, 0.29) is 30.6 Å². The van der Waals surface area contributed by atoms with Gasteiger partial charge in [0, 0.05) is 12.8 Å². The first-order valence-corrected chi connectivity index (χ1v) is 14.0. The lowest BCUT2D eigenvalue weighted by Gasteiger charge is -2.33. The van der Waals surface area contributed by atoms with E-state index in [1.54, 1.807) is 19.1 Å². The Morgan fingerprint density at radius 1 is 0.881 bits per heavy atom. The number of aliphatic hydroxyl groups is 1. The van der Waals surface area contributed by atoms with E-state index in [2.05, 4.69) is 10.6 Å². The van der Waals surface area contributed by atoms with E-state index in [9.17, 15) is 29.4 Å². The zero-order chi connectivity index (χ0) is 30.2. The van der Waals surface area contributed by atoms with Gasteiger partial charge in [-0.15, -0.1) is 0 Å². The largest absolute Gasteiger partial charge is 0.507 e. The number of para-hydroxylation sites is 1. The molecule has 1 fully saturated rings. The summed E-state index contributed by atoms with van der Waals surface area (Å²) in [5, 5.41) is 27.0. The fraction of sp³-hybridized carbons (Fsp3) is 0.333. The maximum absolute atomic E-state index is 13.8. The average Bonchev–Trinajstić information content (AvgIpc) is 2.99. The lowest BCUT2D eigenvalue weighted by atomic mass is 9.88. The van der Waals surface area contributed by atoms with Crippen molar-refractivity contribution in [2.24, 2.45) is 11.8 Å². The van der Waals surface area contributed by atoms with Gasteiger partial charge in [-0.05, 0) is 42.5 Å². The molecule has 0 spiro atoms. The highest BCUT2D eigenvalue weighted by Crippen LogP contribution is 2.22. The summed E-state index contributed by atoms with van der Waals surface area (Å²) < 4.78 is 5.72. The Morgan fingerprint density at radius 2 is 1.45 bits per heavy atom. The molecule has 0 aliphatic carbocycles. The van der Waals surface area contributed by atoms with Gasteiger partial charge < -0.3 is 25.6 Å². The molecule has 1 saturated heterocycles. The van der Waals surface area contributed by atoms with Gasteiger partial charge >= 0.3 is 5.97 Å². The van der Waals surface area contributed by atoms with Crippen molar-refractivity contribution >= 4 is 23.6 Å². The SMILES string of the molecule is C[C@H]1CC(=O)C(Cc2ccccc2)OC(=O)[C@H](C)[C@H](O)[C@H](Cc2ccccc2)NC(=O)[C@H]1NC(=O)c1ccccc1O. The molecule has 1 aliphatic heterocycles. The van der Waals surface area contributed by atoms with E-state index in [1.165, 1.54) is 19.1 Å². The van der Waals surface area contributed by atoms with E-state index >= 15 is 0 Å². The van der Waals surface area contributed by atoms with E-state index in [1.807, 2.05) is 60.7 Å². The lowest BCUT2D eigenvalue weighted by molar-refractivity contribution is -0.163. The van der Waals surface area contributed by atoms with Gasteiger partial charge in [-0.2, -0.15) is 0 Å². The minimum atomic E-state index is -1.36. The summed E-state index contributed by atoms with van der Waals surface area (Å²) in [4.78, 5) is 53.7. The van der Waals surface area contributed by atoms with Crippen LogP contribution in [0.1, 0.15) is 41.8 Å². The molecule has 3 aromatic rings. The smallest absolute Gasteiger partial charge is 0.312 e. The molecule has 1 aliphatic rings. The number of cyclic esters (lactones) is 1. The van der Waals surface area contributed by atoms with Crippen LogP contribution >= 0.6 is 0 Å². The van der Waals surface area contributed by atoms with Crippen LogP contribution in [0, 0.1) is 11.8 Å². The van der Waals surface area contributed by atoms with Crippen molar-refractivity contribution in [2.45, 2.75) is 57.4 Å². The van der Waals surface area contributed by atoms with Crippen molar-refractivity contribution in [3.05, 3.63) is 102 Å². The second-order valence-corrected chi connectivity index (χ2v) is 10.8. The Morgan fingerprint density at radius 3 is 2.07 bits per heavy atom. The zero-order valence-corrected chi connectivity index (χ0v) is 23.6. The minimum Gasteiger partial charge on any atom is -0.507 e. The molecule has 1 heterocycles. The number of phenols is 1. The molecule has 4 N–H and O–H groups in total. The Kier molecular flexibility index (Phi) is 10.1. The standard InChI is InChI=1S/C33H36N2O7/c1-20-17-27(37)28(19-23-13-7-4-8-14-23)42-33(41)21(2)30(38)25(18-22-11-5-3-6-12-22)34-32(40)29(20)35-31(39)24-15-9-10-16-26(24)36/h3-16,20-21,25,28-30,36,38H,17-19H2,1-2H3,(H,34,40)(H,35,39)/t20-,21+,25-,28?,29-,30-/m0/s1. The highest BCUT2D eigenvalue weighted by Gasteiger charge is 2.39. The first kappa shape index (κ1) is 30.5. The molecule has 3 aromatic carbocycles. The first-order valence-electron chi connectivity index (χ1n) is 14.0. The summed E-state index contributed by atoms with van der Waals surface area (Å²) in [5.74, 6) is -4.54. The van der Waals surface area contributed by atoms with E-state index in [0.29, 0.717) is 0 Å². The van der Waals surface area contributed by atoms with Crippen LogP contribution in [0.25, 0.3) is 0 Å². The molecule has 1 unspecified atom stereocenters. The Labute approximate surface area is 244 Å². The van der Waals surface area contributed by atoms with Crippen molar-refractivity contribution in [1.29, 1.82) is 0 Å². The van der Waals surface area contributed by atoms with Crippen molar-refractivity contribution in [2.75, 3.05) is 0 Å². The van der Waals surface area contributed by atoms with Gasteiger partial charge in [-0.3, -0.25) is 19.2 Å². The summed E-state index contributed by atoms with van der Waals surface area (Å²) in [6.07, 6.45) is -2.37. The summed E-state index contributed by atoms with van der Waals surface area (Å²) >= 11 is 0. The molecule has 0 saturated carbocycles. The number of esters is 1. The summed E-state index contributed by atoms with van der Waals surface area (Å²) in [5.41, 5.74) is 1.57. The normalized spacial score (nSPS) is 25.4. The van der Waals surface area contributed by atoms with Crippen LogP contribution in [0.5, 0.6) is 5.75 Å². The second-order valence-electron chi connectivity index (χ2n) is 10.8. The number of amides is 2. The highest BCUT2D eigenvalue weighted by atomic mass is 16.5. The lowest BCUT2D eigenvalue weighted by Crippen LogP contribution is -2.57. The van der Waals surface area contributed by atoms with E-state index in [0.717, 1.165) is 11.1 Å². The predicted molar refractivity (Wildman–Crippen MR) is 155 cm³/mol. The Hall–Kier alpha value is -4.50. The number of hydrogen-bond donors (Lipinski definition) is 4. The molecule has 0 bridgehead atoms. The van der Waals surface area contributed by atoms with Gasteiger partial charge in [0.2, 0.25) is 5.91 Å². The number of ether oxygens (including phenoxy) is 1. The van der Waals surface area contributed by atoms with Crippen molar-refractivity contribution in [1.82, 2.24) is 10.6 Å². The third-order valence-electron chi connectivity index (χ3n) is 7.61. The molecule has 0 radical (unpaired) electrons. The van der Waals surface area contributed by atoms with Crippen molar-refractivity contribution in [3.8, 4) is 5.75 Å². The topological polar surface area (TPSA) is 142 Å². The third-order valence-corrected chi connectivity index (χ3v) is 7.61. The van der Waals surface area contributed by atoms with E-state index in [4.69, 9.17) is 4.74 Å². The molecule has 4 rings (SSSR count). The highest BCUT2D eigenvalue weighted by molar-refractivity contribution is 6.00. The van der Waals surface area contributed by atoms with Crippen LogP contribution in [0.4, 0.5) is 0 Å².